The van der Waals surface area contributed by atoms with Crippen LogP contribution in [0.25, 0.3) is 0 Å². The van der Waals surface area contributed by atoms with Gasteiger partial charge >= 0.3 is 0 Å². The molecular weight excluding hydrogens is 173 g/mol. The molecule has 0 aromatic heterocycles. The van der Waals surface area contributed by atoms with Crippen molar-refractivity contribution >= 4 is 23.5 Å². The summed E-state index contributed by atoms with van der Waals surface area (Å²) in [4.78, 5) is 2.18. The zero-order valence-corrected chi connectivity index (χ0v) is 8.15. The summed E-state index contributed by atoms with van der Waals surface area (Å²) in [5.74, 6) is 0. The van der Waals surface area contributed by atoms with E-state index in [0.717, 1.165) is 13.1 Å². The second kappa shape index (κ2) is 9.50. The number of hydrogen-bond donors (Lipinski definition) is 1. The van der Waals surface area contributed by atoms with Gasteiger partial charge < -0.3 is 0 Å². The number of rotatable bonds is 3. The summed E-state index contributed by atoms with van der Waals surface area (Å²) >= 11 is 9.41. The Morgan fingerprint density at radius 3 is 1.60 bits per heavy atom. The zero-order valence-electron chi connectivity index (χ0n) is 6.64. The average molecular weight is 188 g/mol. The number of nitrogens with zero attached hydrogens (tertiary/aromatic N) is 1. The molecule has 0 radical (unpaired) electrons. The first-order valence-corrected chi connectivity index (χ1v) is 4.04. The van der Waals surface area contributed by atoms with E-state index in [0.29, 0.717) is 0 Å². The highest BCUT2D eigenvalue weighted by atomic mass is 35.5. The van der Waals surface area contributed by atoms with Gasteiger partial charge in [-0.2, -0.15) is 0 Å². The molecule has 10 heavy (non-hydrogen) atoms. The van der Waals surface area contributed by atoms with Gasteiger partial charge in [-0.25, -0.2) is 0 Å². The molecule has 0 fully saturated rings. The van der Waals surface area contributed by atoms with Crippen molar-refractivity contribution in [2.75, 3.05) is 13.1 Å². The van der Waals surface area contributed by atoms with Crippen LogP contribution in [0.5, 0.6) is 0 Å². The second-order valence-electron chi connectivity index (χ2n) is 1.80. The SMILES string of the molecule is CCN(CC)C(C)Cl.OCl. The fourth-order valence-corrected chi connectivity index (χ4v) is 1.00. The molecule has 0 aliphatic rings. The van der Waals surface area contributed by atoms with E-state index < -0.39 is 0 Å². The molecule has 64 valence electrons. The van der Waals surface area contributed by atoms with Crippen molar-refractivity contribution in [3.8, 4) is 0 Å². The summed E-state index contributed by atoms with van der Waals surface area (Å²) < 4.78 is 6.47. The van der Waals surface area contributed by atoms with Crippen LogP contribution in [0, 0.1) is 0 Å². The summed E-state index contributed by atoms with van der Waals surface area (Å²) in [5.41, 5.74) is 0.185. The van der Waals surface area contributed by atoms with Gasteiger partial charge in [-0.15, -0.1) is 11.6 Å². The number of alkyl halides is 1. The van der Waals surface area contributed by atoms with E-state index in [9.17, 15) is 0 Å². The Morgan fingerprint density at radius 2 is 1.60 bits per heavy atom. The molecule has 1 atom stereocenters. The number of hydrogen-bond acceptors (Lipinski definition) is 2. The van der Waals surface area contributed by atoms with Crippen LogP contribution in [0.15, 0.2) is 0 Å². The van der Waals surface area contributed by atoms with Crippen LogP contribution in [0.3, 0.4) is 0 Å². The molecule has 0 spiro atoms. The van der Waals surface area contributed by atoms with Crippen LogP contribution in [0.4, 0.5) is 0 Å². The Morgan fingerprint density at radius 1 is 1.30 bits per heavy atom. The lowest BCUT2D eigenvalue weighted by molar-refractivity contribution is 0.292. The predicted octanol–water partition coefficient (Wildman–Crippen LogP) is 2.05. The first-order valence-electron chi connectivity index (χ1n) is 3.27. The van der Waals surface area contributed by atoms with E-state index in [1.165, 1.54) is 0 Å². The Bertz CT molecular complexity index is 57.7. The van der Waals surface area contributed by atoms with Gasteiger partial charge in [-0.05, 0) is 20.0 Å². The molecule has 1 unspecified atom stereocenters. The van der Waals surface area contributed by atoms with Crippen molar-refractivity contribution in [1.82, 2.24) is 4.90 Å². The Kier molecular flexibility index (Phi) is 12.5. The minimum atomic E-state index is 0.185. The average Bonchev–Trinajstić information content (AvgIpc) is 1.94. The van der Waals surface area contributed by atoms with Crippen molar-refractivity contribution in [2.24, 2.45) is 0 Å². The standard InChI is InChI=1S/C6H14ClN.ClHO/c1-4-8(5-2)6(3)7;1-2/h6H,4-5H2,1-3H3;2H. The van der Waals surface area contributed by atoms with Gasteiger partial charge in [0.2, 0.25) is 0 Å². The minimum Gasteiger partial charge on any atom is -0.295 e. The normalized spacial score (nSPS) is 12.3. The van der Waals surface area contributed by atoms with Gasteiger partial charge in [0.05, 0.1) is 17.4 Å². The summed E-state index contributed by atoms with van der Waals surface area (Å²) in [6.45, 7) is 8.31. The second-order valence-corrected chi connectivity index (χ2v) is 2.43. The fraction of sp³-hybridized carbons (Fsp3) is 1.00. The summed E-state index contributed by atoms with van der Waals surface area (Å²) in [7, 11) is 0. The van der Waals surface area contributed by atoms with E-state index in [2.05, 4.69) is 30.6 Å². The molecule has 4 heteroatoms. The van der Waals surface area contributed by atoms with Crippen LogP contribution >= 0.6 is 23.5 Å². The van der Waals surface area contributed by atoms with Crippen LogP contribution in [0.2, 0.25) is 0 Å². The monoisotopic (exact) mass is 187 g/mol. The van der Waals surface area contributed by atoms with Crippen molar-refractivity contribution < 1.29 is 4.66 Å². The van der Waals surface area contributed by atoms with Gasteiger partial charge in [0, 0.05) is 0 Å². The highest BCUT2D eigenvalue weighted by Crippen LogP contribution is 2.00. The van der Waals surface area contributed by atoms with Crippen molar-refractivity contribution in [1.29, 1.82) is 0 Å². The molecule has 0 aliphatic carbocycles. The topological polar surface area (TPSA) is 23.5 Å². The third kappa shape index (κ3) is 6.62. The Balaban J connectivity index is 0. The molecule has 2 nitrogen and oxygen atoms in total. The smallest absolute Gasteiger partial charge is 0.0821 e. The quantitative estimate of drug-likeness (QED) is 0.541. The molecule has 0 aliphatic heterocycles. The van der Waals surface area contributed by atoms with Crippen molar-refractivity contribution in [3.05, 3.63) is 0 Å². The third-order valence-corrected chi connectivity index (χ3v) is 1.59. The van der Waals surface area contributed by atoms with Gasteiger partial charge in [0.25, 0.3) is 0 Å². The highest BCUT2D eigenvalue weighted by Gasteiger charge is 2.03. The van der Waals surface area contributed by atoms with E-state index in [4.69, 9.17) is 16.3 Å². The molecule has 0 rings (SSSR count). The lowest BCUT2D eigenvalue weighted by Gasteiger charge is -2.19. The van der Waals surface area contributed by atoms with E-state index in [1.807, 2.05) is 6.92 Å². The van der Waals surface area contributed by atoms with Gasteiger partial charge in [-0.1, -0.05) is 13.8 Å². The first kappa shape index (κ1) is 13.1. The maximum Gasteiger partial charge on any atom is 0.0821 e. The molecule has 0 amide bonds. The fourth-order valence-electron chi connectivity index (χ4n) is 0.727. The van der Waals surface area contributed by atoms with Gasteiger partial charge in [0.1, 0.15) is 0 Å². The molecule has 0 saturated heterocycles. The molecule has 0 heterocycles. The highest BCUT2D eigenvalue weighted by molar-refractivity contribution is 6.20. The van der Waals surface area contributed by atoms with E-state index in [1.54, 1.807) is 0 Å². The summed E-state index contributed by atoms with van der Waals surface area (Å²) in [5, 5.41) is 0. The molecular formula is C6H15Cl2NO. The lowest BCUT2D eigenvalue weighted by atomic mass is 10.5. The zero-order chi connectivity index (χ0) is 8.57. The predicted molar refractivity (Wildman–Crippen MR) is 46.3 cm³/mol. The van der Waals surface area contributed by atoms with Gasteiger partial charge in [0.15, 0.2) is 0 Å². The Hall–Kier alpha value is 0.500. The van der Waals surface area contributed by atoms with E-state index in [-0.39, 0.29) is 5.50 Å². The van der Waals surface area contributed by atoms with Crippen LogP contribution < -0.4 is 0 Å². The van der Waals surface area contributed by atoms with Crippen LogP contribution in [-0.2, 0) is 0 Å². The minimum absolute atomic E-state index is 0.185. The maximum absolute atomic E-state index is 6.47. The van der Waals surface area contributed by atoms with Gasteiger partial charge in [-0.3, -0.25) is 9.56 Å². The van der Waals surface area contributed by atoms with Crippen molar-refractivity contribution in [3.63, 3.8) is 0 Å². The molecule has 0 aromatic rings. The molecule has 0 aromatic carbocycles. The first-order chi connectivity index (χ1) is 4.72. The van der Waals surface area contributed by atoms with Crippen LogP contribution in [-0.4, -0.2) is 28.1 Å². The lowest BCUT2D eigenvalue weighted by Crippen LogP contribution is -2.28. The van der Waals surface area contributed by atoms with E-state index >= 15 is 0 Å². The molecule has 0 bridgehead atoms. The number of halogens is 2. The Labute approximate surface area is 72.9 Å². The molecule has 0 saturated carbocycles. The van der Waals surface area contributed by atoms with Crippen LogP contribution in [0.1, 0.15) is 20.8 Å². The van der Waals surface area contributed by atoms with Crippen molar-refractivity contribution in [2.45, 2.75) is 26.3 Å². The maximum atomic E-state index is 6.47. The largest absolute Gasteiger partial charge is 0.295 e. The summed E-state index contributed by atoms with van der Waals surface area (Å²) in [6, 6.07) is 0. The summed E-state index contributed by atoms with van der Waals surface area (Å²) in [6.07, 6.45) is 0. The third-order valence-electron chi connectivity index (χ3n) is 1.32. The molecule has 1 N–H and O–H groups in total.